The molecule has 1 saturated heterocycles. The van der Waals surface area contributed by atoms with E-state index in [1.54, 1.807) is 69.6 Å². The molecule has 2 N–H and O–H groups in total. The molecule has 8 nitrogen and oxygen atoms in total. The summed E-state index contributed by atoms with van der Waals surface area (Å²) in [5, 5.41) is 5.58. The number of halogens is 1. The van der Waals surface area contributed by atoms with E-state index in [0.29, 0.717) is 21.8 Å². The van der Waals surface area contributed by atoms with Gasteiger partial charge in [-0.1, -0.05) is 29.8 Å². The number of nitrogens with zero attached hydrogens (tertiary/aromatic N) is 2. The summed E-state index contributed by atoms with van der Waals surface area (Å²) in [6.07, 6.45) is 0. The number of hydrogen-bond acceptors (Lipinski definition) is 4. The number of carbonyl (C=O) groups excluding carboxylic acids is 4. The molecular formula is C21H21ClN4O4. The number of nitrogens with one attached hydrogen (secondary N) is 2. The second kappa shape index (κ2) is 8.16. The Morgan fingerprint density at radius 2 is 1.73 bits per heavy atom. The monoisotopic (exact) mass is 428 g/mol. The summed E-state index contributed by atoms with van der Waals surface area (Å²) in [5.41, 5.74) is 0.0112. The van der Waals surface area contributed by atoms with Crippen molar-refractivity contribution >= 4 is 41.0 Å². The minimum Gasteiger partial charge on any atom is -0.345 e. The Hall–Kier alpha value is -3.39. The minimum atomic E-state index is -1.36. The molecule has 30 heavy (non-hydrogen) atoms. The van der Waals surface area contributed by atoms with Gasteiger partial charge in [-0.2, -0.15) is 0 Å². The first kappa shape index (κ1) is 21.3. The van der Waals surface area contributed by atoms with Crippen LogP contribution >= 0.6 is 11.6 Å². The fourth-order valence-corrected chi connectivity index (χ4v) is 3.51. The van der Waals surface area contributed by atoms with Gasteiger partial charge in [0.15, 0.2) is 0 Å². The zero-order chi connectivity index (χ0) is 22.1. The maximum Gasteiger partial charge on any atom is 0.325 e. The molecule has 0 spiro atoms. The molecular weight excluding hydrogens is 408 g/mol. The first-order valence-electron chi connectivity index (χ1n) is 9.14. The van der Waals surface area contributed by atoms with Crippen molar-refractivity contribution in [1.29, 1.82) is 0 Å². The quantitative estimate of drug-likeness (QED) is 0.714. The van der Waals surface area contributed by atoms with Crippen LogP contribution in [0.3, 0.4) is 0 Å². The largest absolute Gasteiger partial charge is 0.345 e. The molecule has 0 aromatic heterocycles. The van der Waals surface area contributed by atoms with Crippen LogP contribution in [0.4, 0.5) is 10.5 Å². The lowest BCUT2D eigenvalue weighted by atomic mass is 9.92. The highest BCUT2D eigenvalue weighted by Gasteiger charge is 2.50. The van der Waals surface area contributed by atoms with E-state index in [0.717, 1.165) is 4.90 Å². The number of rotatable bonds is 5. The van der Waals surface area contributed by atoms with Gasteiger partial charge in [-0.15, -0.1) is 0 Å². The van der Waals surface area contributed by atoms with Gasteiger partial charge in [-0.3, -0.25) is 19.3 Å². The van der Waals surface area contributed by atoms with Crippen molar-refractivity contribution in [1.82, 2.24) is 15.1 Å². The number of anilines is 1. The van der Waals surface area contributed by atoms with E-state index in [1.807, 2.05) is 0 Å². The number of amides is 5. The first-order valence-corrected chi connectivity index (χ1v) is 9.52. The second-order valence-corrected chi connectivity index (χ2v) is 7.66. The molecule has 2 aromatic carbocycles. The van der Waals surface area contributed by atoms with Gasteiger partial charge in [-0.05, 0) is 37.3 Å². The molecule has 2 aromatic rings. The lowest BCUT2D eigenvalue weighted by Gasteiger charge is -2.23. The highest BCUT2D eigenvalue weighted by molar-refractivity contribution is 6.32. The lowest BCUT2D eigenvalue weighted by molar-refractivity contribution is -0.133. The van der Waals surface area contributed by atoms with Crippen LogP contribution in [-0.4, -0.2) is 54.2 Å². The highest BCUT2D eigenvalue weighted by atomic mass is 35.5. The van der Waals surface area contributed by atoms with Crippen LogP contribution in [-0.2, 0) is 15.1 Å². The predicted molar refractivity (Wildman–Crippen MR) is 112 cm³/mol. The molecule has 1 aliphatic heterocycles. The summed E-state index contributed by atoms with van der Waals surface area (Å²) < 4.78 is 0. The molecule has 1 heterocycles. The summed E-state index contributed by atoms with van der Waals surface area (Å²) in [7, 11) is 3.29. The number of urea groups is 1. The van der Waals surface area contributed by atoms with Crippen LogP contribution in [0.2, 0.25) is 5.02 Å². The van der Waals surface area contributed by atoms with Crippen molar-refractivity contribution in [2.24, 2.45) is 0 Å². The van der Waals surface area contributed by atoms with Crippen molar-refractivity contribution in [3.63, 3.8) is 0 Å². The van der Waals surface area contributed by atoms with Gasteiger partial charge in [-0.25, -0.2) is 4.79 Å². The van der Waals surface area contributed by atoms with Crippen molar-refractivity contribution in [2.75, 3.05) is 26.0 Å². The van der Waals surface area contributed by atoms with Gasteiger partial charge >= 0.3 is 6.03 Å². The van der Waals surface area contributed by atoms with Gasteiger partial charge < -0.3 is 15.5 Å². The van der Waals surface area contributed by atoms with Crippen LogP contribution < -0.4 is 10.6 Å². The molecule has 1 atom stereocenters. The molecule has 3 rings (SSSR count). The zero-order valence-electron chi connectivity index (χ0n) is 16.7. The molecule has 0 saturated carbocycles. The summed E-state index contributed by atoms with van der Waals surface area (Å²) in [6, 6.07) is 12.4. The van der Waals surface area contributed by atoms with Crippen LogP contribution in [0.15, 0.2) is 48.5 Å². The molecule has 0 aliphatic carbocycles. The summed E-state index contributed by atoms with van der Waals surface area (Å²) in [4.78, 5) is 51.9. The number of hydrogen-bond donors (Lipinski definition) is 2. The van der Waals surface area contributed by atoms with Gasteiger partial charge in [0.2, 0.25) is 5.91 Å². The smallest absolute Gasteiger partial charge is 0.325 e. The Morgan fingerprint density at radius 3 is 2.33 bits per heavy atom. The molecule has 1 aliphatic rings. The third-order valence-electron chi connectivity index (χ3n) is 4.81. The van der Waals surface area contributed by atoms with Crippen molar-refractivity contribution < 1.29 is 19.2 Å². The fraction of sp³-hybridized carbons (Fsp3) is 0.238. The fourth-order valence-electron chi connectivity index (χ4n) is 3.19. The number of carbonyl (C=O) groups is 4. The van der Waals surface area contributed by atoms with Crippen LogP contribution in [0.25, 0.3) is 0 Å². The maximum atomic E-state index is 12.9. The van der Waals surface area contributed by atoms with Crippen molar-refractivity contribution in [2.45, 2.75) is 12.5 Å². The van der Waals surface area contributed by atoms with Crippen molar-refractivity contribution in [3.05, 3.63) is 64.7 Å². The van der Waals surface area contributed by atoms with E-state index in [4.69, 9.17) is 11.6 Å². The molecule has 5 amide bonds. The number of benzene rings is 2. The molecule has 0 radical (unpaired) electrons. The van der Waals surface area contributed by atoms with E-state index < -0.39 is 29.9 Å². The molecule has 1 fully saturated rings. The van der Waals surface area contributed by atoms with Crippen LogP contribution in [0.1, 0.15) is 22.8 Å². The SMILES string of the molecule is CN(C)C(=O)c1ccc(NC(=O)CN2C(=O)N[C@@](C)(c3ccccc3Cl)C2=O)cc1. The summed E-state index contributed by atoms with van der Waals surface area (Å²) in [5.74, 6) is -1.28. The summed E-state index contributed by atoms with van der Waals surface area (Å²) >= 11 is 6.19. The van der Waals surface area contributed by atoms with Gasteiger partial charge in [0.05, 0.1) is 0 Å². The van der Waals surface area contributed by atoms with E-state index in [1.165, 1.54) is 4.90 Å². The third kappa shape index (κ3) is 3.99. The van der Waals surface area contributed by atoms with Crippen molar-refractivity contribution in [3.8, 4) is 0 Å². The normalized spacial score (nSPS) is 18.2. The second-order valence-electron chi connectivity index (χ2n) is 7.25. The molecule has 0 unspecified atom stereocenters. The van der Waals surface area contributed by atoms with Gasteiger partial charge in [0.25, 0.3) is 11.8 Å². The van der Waals surface area contributed by atoms with Gasteiger partial charge in [0.1, 0.15) is 12.1 Å². The first-order chi connectivity index (χ1) is 14.1. The minimum absolute atomic E-state index is 0.161. The Labute approximate surface area is 178 Å². The van der Waals surface area contributed by atoms with E-state index in [2.05, 4.69) is 10.6 Å². The van der Waals surface area contributed by atoms with E-state index in [9.17, 15) is 19.2 Å². The average Bonchev–Trinajstić information content (AvgIpc) is 2.92. The van der Waals surface area contributed by atoms with Crippen LogP contribution in [0.5, 0.6) is 0 Å². The Kier molecular flexibility index (Phi) is 5.80. The van der Waals surface area contributed by atoms with Crippen LogP contribution in [0, 0.1) is 0 Å². The Morgan fingerprint density at radius 1 is 1.10 bits per heavy atom. The summed E-state index contributed by atoms with van der Waals surface area (Å²) in [6.45, 7) is 1.09. The molecule has 9 heteroatoms. The standard InChI is InChI=1S/C21H21ClN4O4/c1-21(15-6-4-5-7-16(15)22)19(29)26(20(30)24-21)12-17(27)23-14-10-8-13(9-11-14)18(28)25(2)3/h4-11H,12H2,1-3H3,(H,23,27)(H,24,30)/t21-/m0/s1. The van der Waals surface area contributed by atoms with E-state index in [-0.39, 0.29) is 5.91 Å². The lowest BCUT2D eigenvalue weighted by Crippen LogP contribution is -2.42. The van der Waals surface area contributed by atoms with E-state index >= 15 is 0 Å². The molecule has 156 valence electrons. The van der Waals surface area contributed by atoms with Gasteiger partial charge in [0, 0.05) is 35.9 Å². The average molecular weight is 429 g/mol. The maximum absolute atomic E-state index is 12.9. The zero-order valence-corrected chi connectivity index (χ0v) is 17.5. The third-order valence-corrected chi connectivity index (χ3v) is 5.14. The predicted octanol–water partition coefficient (Wildman–Crippen LogP) is 2.45. The Balaban J connectivity index is 1.70. The number of imide groups is 1. The molecule has 0 bridgehead atoms. The topological polar surface area (TPSA) is 98.8 Å². The highest BCUT2D eigenvalue weighted by Crippen LogP contribution is 2.33. The Bertz CT molecular complexity index is 1020.